The molecule has 2 heterocycles. The van der Waals surface area contributed by atoms with Gasteiger partial charge in [-0.15, -0.1) is 0 Å². The van der Waals surface area contributed by atoms with E-state index in [9.17, 15) is 8.42 Å². The Balaban J connectivity index is 1.65. The van der Waals surface area contributed by atoms with Crippen molar-refractivity contribution in [3.05, 3.63) is 64.8 Å². The number of halogens is 1. The molecule has 0 fully saturated rings. The summed E-state index contributed by atoms with van der Waals surface area (Å²) in [6.07, 6.45) is 4.55. The van der Waals surface area contributed by atoms with Crippen molar-refractivity contribution in [2.75, 3.05) is 20.2 Å². The van der Waals surface area contributed by atoms with Gasteiger partial charge in [0.2, 0.25) is 10.0 Å². The minimum Gasteiger partial charge on any atom is -0.495 e. The maximum Gasteiger partial charge on any atom is 0.247 e. The fourth-order valence-electron chi connectivity index (χ4n) is 3.62. The van der Waals surface area contributed by atoms with Crippen LogP contribution in [0.3, 0.4) is 0 Å². The summed E-state index contributed by atoms with van der Waals surface area (Å²) in [6, 6.07) is 11.0. The van der Waals surface area contributed by atoms with Gasteiger partial charge in [0.05, 0.1) is 17.6 Å². The first-order chi connectivity index (χ1) is 13.4. The number of benzene rings is 2. The molecular weight excluding hydrogens is 396 g/mol. The van der Waals surface area contributed by atoms with Crippen molar-refractivity contribution in [1.29, 1.82) is 0 Å². The molecule has 0 amide bonds. The van der Waals surface area contributed by atoms with Gasteiger partial charge < -0.3 is 9.72 Å². The first-order valence-corrected chi connectivity index (χ1v) is 10.8. The van der Waals surface area contributed by atoms with E-state index in [0.29, 0.717) is 30.3 Å². The third-order valence-corrected chi connectivity index (χ3v) is 7.32. The third-order valence-electron chi connectivity index (χ3n) is 5.12. The normalized spacial score (nSPS) is 15.6. The van der Waals surface area contributed by atoms with Crippen LogP contribution >= 0.6 is 11.6 Å². The second kappa shape index (κ2) is 7.28. The van der Waals surface area contributed by atoms with E-state index >= 15 is 0 Å². The number of ether oxygens (including phenoxy) is 1. The lowest BCUT2D eigenvalue weighted by Gasteiger charge is -2.26. The van der Waals surface area contributed by atoms with Crippen LogP contribution in [0.5, 0.6) is 5.75 Å². The molecule has 0 bridgehead atoms. The largest absolute Gasteiger partial charge is 0.495 e. The van der Waals surface area contributed by atoms with Gasteiger partial charge in [0.15, 0.2) is 0 Å². The van der Waals surface area contributed by atoms with Gasteiger partial charge >= 0.3 is 0 Å². The predicted octanol–water partition coefficient (Wildman–Crippen LogP) is 4.62. The molecule has 1 N–H and O–H groups in total. The van der Waals surface area contributed by atoms with Gasteiger partial charge in [0.25, 0.3) is 0 Å². The van der Waals surface area contributed by atoms with Crippen molar-refractivity contribution in [2.24, 2.45) is 0 Å². The minimum absolute atomic E-state index is 0.214. The Morgan fingerprint density at radius 3 is 2.75 bits per heavy atom. The SMILES string of the molecule is COc1ccc(C)cc1S(=O)(=O)N1CC=C(c2c[nH]c3c(Cl)cccc23)CC1. The zero-order valence-electron chi connectivity index (χ0n) is 15.7. The number of methoxy groups -OCH3 is 1. The highest BCUT2D eigenvalue weighted by Crippen LogP contribution is 2.34. The van der Waals surface area contributed by atoms with Crippen LogP contribution in [-0.4, -0.2) is 37.9 Å². The van der Waals surface area contributed by atoms with Crippen molar-refractivity contribution < 1.29 is 13.2 Å². The van der Waals surface area contributed by atoms with Crippen LogP contribution in [0.2, 0.25) is 5.02 Å². The van der Waals surface area contributed by atoms with E-state index in [4.69, 9.17) is 16.3 Å². The van der Waals surface area contributed by atoms with Gasteiger partial charge in [0, 0.05) is 30.2 Å². The van der Waals surface area contributed by atoms with Gasteiger partial charge in [-0.1, -0.05) is 35.9 Å². The fraction of sp³-hybridized carbons (Fsp3) is 0.238. The highest BCUT2D eigenvalue weighted by atomic mass is 35.5. The molecule has 0 aliphatic carbocycles. The maximum absolute atomic E-state index is 13.2. The van der Waals surface area contributed by atoms with Crippen molar-refractivity contribution in [2.45, 2.75) is 18.2 Å². The molecule has 0 spiro atoms. The van der Waals surface area contributed by atoms with E-state index in [1.54, 1.807) is 12.1 Å². The molecule has 0 radical (unpaired) electrons. The highest BCUT2D eigenvalue weighted by Gasteiger charge is 2.29. The summed E-state index contributed by atoms with van der Waals surface area (Å²) in [4.78, 5) is 3.43. The van der Waals surface area contributed by atoms with E-state index < -0.39 is 10.0 Å². The number of hydrogen-bond acceptors (Lipinski definition) is 3. The average molecular weight is 417 g/mol. The number of hydrogen-bond donors (Lipinski definition) is 1. The summed E-state index contributed by atoms with van der Waals surface area (Å²) >= 11 is 6.25. The first kappa shape index (κ1) is 19.1. The van der Waals surface area contributed by atoms with E-state index in [2.05, 4.69) is 4.98 Å². The Labute approximate surface area is 169 Å². The summed E-state index contributed by atoms with van der Waals surface area (Å²) < 4.78 is 33.1. The monoisotopic (exact) mass is 416 g/mol. The number of aromatic nitrogens is 1. The van der Waals surface area contributed by atoms with Crippen molar-refractivity contribution in [3.8, 4) is 5.75 Å². The third kappa shape index (κ3) is 3.21. The number of H-pyrrole nitrogens is 1. The zero-order chi connectivity index (χ0) is 19.9. The average Bonchev–Trinajstić information content (AvgIpc) is 3.13. The number of sulfonamides is 1. The number of fused-ring (bicyclic) bond motifs is 1. The molecular formula is C21H21ClN2O3S. The van der Waals surface area contributed by atoms with Gasteiger partial charge in [0.1, 0.15) is 10.6 Å². The summed E-state index contributed by atoms with van der Waals surface area (Å²) in [5.41, 5.74) is 3.97. The van der Waals surface area contributed by atoms with Gasteiger partial charge in [-0.2, -0.15) is 4.31 Å². The molecule has 3 aromatic rings. The van der Waals surface area contributed by atoms with Crippen LogP contribution in [-0.2, 0) is 10.0 Å². The summed E-state index contributed by atoms with van der Waals surface area (Å²) in [6.45, 7) is 2.61. The molecule has 5 nitrogen and oxygen atoms in total. The lowest BCUT2D eigenvalue weighted by molar-refractivity contribution is 0.395. The van der Waals surface area contributed by atoms with Crippen LogP contribution in [0.1, 0.15) is 17.5 Å². The Morgan fingerprint density at radius 2 is 2.04 bits per heavy atom. The molecule has 0 saturated carbocycles. The number of aryl methyl sites for hydroxylation is 1. The van der Waals surface area contributed by atoms with Crippen LogP contribution in [0, 0.1) is 6.92 Å². The van der Waals surface area contributed by atoms with Gasteiger partial charge in [-0.25, -0.2) is 8.42 Å². The summed E-state index contributed by atoms with van der Waals surface area (Å²) in [7, 11) is -2.15. The molecule has 7 heteroatoms. The highest BCUT2D eigenvalue weighted by molar-refractivity contribution is 7.89. The number of nitrogens with one attached hydrogen (secondary N) is 1. The molecule has 1 aliphatic rings. The van der Waals surface area contributed by atoms with E-state index in [1.165, 1.54) is 11.4 Å². The van der Waals surface area contributed by atoms with Gasteiger partial charge in [-0.05, 0) is 42.7 Å². The lowest BCUT2D eigenvalue weighted by atomic mass is 10.00. The second-order valence-electron chi connectivity index (χ2n) is 6.86. The van der Waals surface area contributed by atoms with Gasteiger partial charge in [-0.3, -0.25) is 0 Å². The molecule has 1 aliphatic heterocycles. The summed E-state index contributed by atoms with van der Waals surface area (Å²) in [5, 5.41) is 1.73. The fourth-order valence-corrected chi connectivity index (χ4v) is 5.47. The number of para-hydroxylation sites is 1. The molecule has 28 heavy (non-hydrogen) atoms. The van der Waals surface area contributed by atoms with Crippen LogP contribution in [0.15, 0.2) is 53.6 Å². The quantitative estimate of drug-likeness (QED) is 0.675. The standard InChI is InChI=1S/C21H21ClN2O3S/c1-14-6-7-19(27-2)20(12-14)28(25,26)24-10-8-15(9-11-24)17-13-23-21-16(17)4-3-5-18(21)22/h3-8,12-13,23H,9-11H2,1-2H3. The Bertz CT molecular complexity index is 1180. The molecule has 4 rings (SSSR count). The maximum atomic E-state index is 13.2. The topological polar surface area (TPSA) is 62.4 Å². The van der Waals surface area contributed by atoms with Crippen molar-refractivity contribution in [1.82, 2.24) is 9.29 Å². The van der Waals surface area contributed by atoms with E-state index in [-0.39, 0.29) is 4.90 Å². The van der Waals surface area contributed by atoms with E-state index in [0.717, 1.165) is 27.6 Å². The molecule has 0 unspecified atom stereocenters. The van der Waals surface area contributed by atoms with Crippen LogP contribution in [0.25, 0.3) is 16.5 Å². The molecule has 2 aromatic carbocycles. The van der Waals surface area contributed by atoms with E-state index in [1.807, 2.05) is 43.5 Å². The van der Waals surface area contributed by atoms with Crippen LogP contribution < -0.4 is 4.74 Å². The van der Waals surface area contributed by atoms with Crippen molar-refractivity contribution in [3.63, 3.8) is 0 Å². The molecule has 146 valence electrons. The summed E-state index contributed by atoms with van der Waals surface area (Å²) in [5.74, 6) is 0.367. The van der Waals surface area contributed by atoms with Crippen molar-refractivity contribution >= 4 is 38.1 Å². The Morgan fingerprint density at radius 1 is 1.21 bits per heavy atom. The number of aromatic amines is 1. The Hall–Kier alpha value is -2.28. The predicted molar refractivity (Wildman–Crippen MR) is 112 cm³/mol. The first-order valence-electron chi connectivity index (χ1n) is 9.01. The lowest BCUT2D eigenvalue weighted by Crippen LogP contribution is -2.34. The minimum atomic E-state index is -3.63. The second-order valence-corrected chi connectivity index (χ2v) is 9.18. The number of nitrogens with zero attached hydrogens (tertiary/aromatic N) is 1. The zero-order valence-corrected chi connectivity index (χ0v) is 17.3. The molecule has 0 saturated heterocycles. The van der Waals surface area contributed by atoms with Crippen LogP contribution in [0.4, 0.5) is 0 Å². The smallest absolute Gasteiger partial charge is 0.247 e. The number of rotatable bonds is 4. The molecule has 0 atom stereocenters. The molecule has 1 aromatic heterocycles. The Kier molecular flexibility index (Phi) is 4.95.